The largest absolute Gasteiger partial charge is 0.283 e. The summed E-state index contributed by atoms with van der Waals surface area (Å²) in [5.74, 6) is -0.208. The van der Waals surface area contributed by atoms with Crippen molar-refractivity contribution in [2.24, 2.45) is 15.0 Å². The summed E-state index contributed by atoms with van der Waals surface area (Å²) >= 11 is 0. The molecule has 9 heteroatoms. The normalized spacial score (nSPS) is 10.0. The van der Waals surface area contributed by atoms with E-state index in [-0.39, 0.29) is 11.8 Å². The SMILES string of the molecule is O=C=NCCCCCCCC(=O)N(CCCCCCN=C=O)C(=O)CCCCCCCN=C=O. The Morgan fingerprint density at radius 2 is 0.794 bits per heavy atom. The van der Waals surface area contributed by atoms with Crippen molar-refractivity contribution in [3.8, 4) is 0 Å². The van der Waals surface area contributed by atoms with Gasteiger partial charge in [-0.25, -0.2) is 29.4 Å². The Morgan fingerprint density at radius 3 is 1.18 bits per heavy atom. The van der Waals surface area contributed by atoms with Crippen molar-refractivity contribution in [3.63, 3.8) is 0 Å². The summed E-state index contributed by atoms with van der Waals surface area (Å²) in [7, 11) is 0. The molecule has 0 aromatic rings. The van der Waals surface area contributed by atoms with Crippen molar-refractivity contribution in [1.29, 1.82) is 0 Å². The molecule has 0 fully saturated rings. The number of hydrogen-bond acceptors (Lipinski definition) is 8. The molecule has 2 amide bonds. The number of carbonyl (C=O) groups is 2. The van der Waals surface area contributed by atoms with Crippen LogP contribution in [-0.4, -0.2) is 61.1 Å². The zero-order valence-corrected chi connectivity index (χ0v) is 20.5. The molecule has 0 N–H and O–H groups in total. The molecule has 0 aliphatic heterocycles. The van der Waals surface area contributed by atoms with E-state index in [1.807, 2.05) is 0 Å². The van der Waals surface area contributed by atoms with E-state index < -0.39 is 0 Å². The molecule has 0 aromatic heterocycles. The fourth-order valence-electron chi connectivity index (χ4n) is 3.60. The molecule has 9 nitrogen and oxygen atoms in total. The summed E-state index contributed by atoms with van der Waals surface area (Å²) in [6.07, 6.45) is 17.5. The van der Waals surface area contributed by atoms with Crippen LogP contribution >= 0.6 is 0 Å². The molecule has 0 spiro atoms. The molecule has 0 aromatic carbocycles. The van der Waals surface area contributed by atoms with Crippen molar-refractivity contribution in [2.45, 2.75) is 103 Å². The third-order valence-electron chi connectivity index (χ3n) is 5.52. The lowest BCUT2D eigenvalue weighted by atomic mass is 10.1. The van der Waals surface area contributed by atoms with E-state index in [0.717, 1.165) is 89.9 Å². The van der Waals surface area contributed by atoms with Gasteiger partial charge in [-0.05, 0) is 38.5 Å². The Kier molecular flexibility index (Phi) is 22.9. The second kappa shape index (κ2) is 24.9. The molecular weight excluding hydrogens is 436 g/mol. The van der Waals surface area contributed by atoms with E-state index in [1.165, 1.54) is 23.1 Å². The molecule has 0 rings (SSSR count). The monoisotopic (exact) mass is 476 g/mol. The van der Waals surface area contributed by atoms with Gasteiger partial charge in [0.2, 0.25) is 30.1 Å². The summed E-state index contributed by atoms with van der Waals surface area (Å²) in [4.78, 5) is 67.7. The number of aliphatic imine (C=N–C) groups is 3. The first-order valence-electron chi connectivity index (χ1n) is 12.6. The van der Waals surface area contributed by atoms with E-state index in [0.29, 0.717) is 39.0 Å². The van der Waals surface area contributed by atoms with Crippen molar-refractivity contribution in [2.75, 3.05) is 26.2 Å². The lowest BCUT2D eigenvalue weighted by Crippen LogP contribution is -2.37. The van der Waals surface area contributed by atoms with E-state index >= 15 is 0 Å². The van der Waals surface area contributed by atoms with Crippen molar-refractivity contribution in [1.82, 2.24) is 4.90 Å². The first-order valence-corrected chi connectivity index (χ1v) is 12.6. The zero-order chi connectivity index (χ0) is 25.1. The van der Waals surface area contributed by atoms with Gasteiger partial charge in [0.15, 0.2) is 0 Å². The van der Waals surface area contributed by atoms with Gasteiger partial charge < -0.3 is 0 Å². The average Bonchev–Trinajstić information content (AvgIpc) is 2.84. The third kappa shape index (κ3) is 19.9. The molecular formula is C25H40N4O5. The van der Waals surface area contributed by atoms with Gasteiger partial charge in [0.25, 0.3) is 0 Å². The minimum atomic E-state index is -0.104. The van der Waals surface area contributed by atoms with Gasteiger partial charge >= 0.3 is 0 Å². The van der Waals surface area contributed by atoms with Crippen LogP contribution in [0, 0.1) is 0 Å². The third-order valence-corrected chi connectivity index (χ3v) is 5.52. The minimum absolute atomic E-state index is 0.104. The van der Waals surface area contributed by atoms with Gasteiger partial charge in [-0.15, -0.1) is 0 Å². The number of imide groups is 1. The fourth-order valence-corrected chi connectivity index (χ4v) is 3.60. The van der Waals surface area contributed by atoms with Crippen LogP contribution in [0.25, 0.3) is 0 Å². The van der Waals surface area contributed by atoms with Gasteiger partial charge in [-0.3, -0.25) is 14.5 Å². The van der Waals surface area contributed by atoms with Gasteiger partial charge in [-0.1, -0.05) is 51.4 Å². The summed E-state index contributed by atoms with van der Waals surface area (Å²) in [5.41, 5.74) is 0. The van der Waals surface area contributed by atoms with Gasteiger partial charge in [0, 0.05) is 19.4 Å². The molecule has 0 aliphatic carbocycles. The van der Waals surface area contributed by atoms with Crippen LogP contribution in [-0.2, 0) is 24.0 Å². The van der Waals surface area contributed by atoms with Crippen LogP contribution in [0.4, 0.5) is 0 Å². The molecule has 190 valence electrons. The minimum Gasteiger partial charge on any atom is -0.283 e. The number of unbranched alkanes of at least 4 members (excludes halogenated alkanes) is 11. The summed E-state index contributed by atoms with van der Waals surface area (Å²) in [6.45, 7) is 1.90. The molecule has 0 aliphatic rings. The maximum Gasteiger partial charge on any atom is 0.234 e. The summed E-state index contributed by atoms with van der Waals surface area (Å²) in [5, 5.41) is 0. The number of rotatable bonds is 23. The maximum atomic E-state index is 12.7. The van der Waals surface area contributed by atoms with Crippen molar-refractivity contribution in [3.05, 3.63) is 0 Å². The lowest BCUT2D eigenvalue weighted by molar-refractivity contribution is -0.145. The highest BCUT2D eigenvalue weighted by Gasteiger charge is 2.20. The highest BCUT2D eigenvalue weighted by Crippen LogP contribution is 2.13. The van der Waals surface area contributed by atoms with Gasteiger partial charge in [-0.2, -0.15) is 0 Å². The molecule has 0 radical (unpaired) electrons. The van der Waals surface area contributed by atoms with Crippen LogP contribution in [0.3, 0.4) is 0 Å². The Hall–Kier alpha value is -2.72. The molecule has 0 saturated heterocycles. The molecule has 0 atom stereocenters. The van der Waals surface area contributed by atoms with Gasteiger partial charge in [0.1, 0.15) is 0 Å². The average molecular weight is 477 g/mol. The maximum absolute atomic E-state index is 12.7. The first-order chi connectivity index (χ1) is 16.7. The predicted molar refractivity (Wildman–Crippen MR) is 130 cm³/mol. The molecule has 0 heterocycles. The first kappa shape index (κ1) is 31.3. The van der Waals surface area contributed by atoms with Crippen LogP contribution < -0.4 is 0 Å². The van der Waals surface area contributed by atoms with Crippen LogP contribution in [0.2, 0.25) is 0 Å². The number of carbonyl (C=O) groups excluding carboxylic acids is 5. The Balaban J connectivity index is 4.35. The highest BCUT2D eigenvalue weighted by molar-refractivity contribution is 5.95. The van der Waals surface area contributed by atoms with E-state index in [4.69, 9.17) is 0 Å². The van der Waals surface area contributed by atoms with E-state index in [9.17, 15) is 24.0 Å². The van der Waals surface area contributed by atoms with Crippen LogP contribution in [0.1, 0.15) is 103 Å². The zero-order valence-electron chi connectivity index (χ0n) is 20.5. The van der Waals surface area contributed by atoms with Crippen molar-refractivity contribution >= 4 is 30.1 Å². The Bertz CT molecular complexity index is 649. The van der Waals surface area contributed by atoms with E-state index in [1.54, 1.807) is 0 Å². The summed E-state index contributed by atoms with van der Waals surface area (Å²) < 4.78 is 0. The fraction of sp³-hybridized carbons (Fsp3) is 0.800. The standard InChI is InChI=1S/C25H40N4O5/c30-21-26-17-11-5-1-3-9-15-24(33)29(20-14-8-7-13-19-28-23-32)25(34)16-10-4-2-6-12-18-27-22-31/h1-20H2. The van der Waals surface area contributed by atoms with Crippen LogP contribution in [0.15, 0.2) is 15.0 Å². The molecule has 0 saturated carbocycles. The smallest absolute Gasteiger partial charge is 0.234 e. The van der Waals surface area contributed by atoms with Crippen molar-refractivity contribution < 1.29 is 24.0 Å². The van der Waals surface area contributed by atoms with Gasteiger partial charge in [0.05, 0.1) is 19.6 Å². The molecule has 0 unspecified atom stereocenters. The molecule has 0 bridgehead atoms. The van der Waals surface area contributed by atoms with E-state index in [2.05, 4.69) is 15.0 Å². The number of isocyanates is 3. The molecule has 34 heavy (non-hydrogen) atoms. The Morgan fingerprint density at radius 1 is 0.471 bits per heavy atom. The number of nitrogens with zero attached hydrogens (tertiary/aromatic N) is 4. The predicted octanol–water partition coefficient (Wildman–Crippen LogP) is 4.59. The Labute approximate surface area is 203 Å². The number of amides is 2. The topological polar surface area (TPSA) is 126 Å². The number of hydrogen-bond donors (Lipinski definition) is 0. The summed E-state index contributed by atoms with van der Waals surface area (Å²) in [6, 6.07) is 0. The lowest BCUT2D eigenvalue weighted by Gasteiger charge is -2.21. The second-order valence-electron chi connectivity index (χ2n) is 8.31. The second-order valence-corrected chi connectivity index (χ2v) is 8.31. The highest BCUT2D eigenvalue weighted by atomic mass is 16.2. The van der Waals surface area contributed by atoms with Crippen LogP contribution in [0.5, 0.6) is 0 Å². The quantitative estimate of drug-likeness (QED) is 0.121.